The molecule has 8 nitrogen and oxygen atoms in total. The largest absolute Gasteiger partial charge is 0.507 e. The molecule has 190 valence electrons. The number of aromatic hydroxyl groups is 3. The van der Waals surface area contributed by atoms with Gasteiger partial charge in [0, 0.05) is 36.6 Å². The summed E-state index contributed by atoms with van der Waals surface area (Å²) in [6.07, 6.45) is 1.86. The summed E-state index contributed by atoms with van der Waals surface area (Å²) in [6.45, 7) is 7.40. The van der Waals surface area contributed by atoms with E-state index >= 15 is 0 Å². The lowest BCUT2D eigenvalue weighted by atomic mass is 10.1. The molecule has 0 saturated carbocycles. The Morgan fingerprint density at radius 3 is 2.43 bits per heavy atom. The number of para-hydroxylation sites is 2. The Balaban J connectivity index is 2.19. The Kier molecular flexibility index (Phi) is 10.8. The van der Waals surface area contributed by atoms with Crippen LogP contribution in [0.4, 0.5) is 0 Å². The zero-order chi connectivity index (χ0) is 26.0. The van der Waals surface area contributed by atoms with Crippen molar-refractivity contribution in [1.82, 2.24) is 15.4 Å². The highest BCUT2D eigenvalue weighted by Crippen LogP contribution is 2.31. The lowest BCUT2D eigenvalue weighted by Gasteiger charge is -2.15. The van der Waals surface area contributed by atoms with Crippen molar-refractivity contribution in [2.75, 3.05) is 33.3 Å². The number of phenols is 3. The molecule has 2 unspecified atom stereocenters. The van der Waals surface area contributed by atoms with E-state index in [0.29, 0.717) is 26.4 Å². The molecule has 0 spiro atoms. The van der Waals surface area contributed by atoms with Crippen LogP contribution in [0.1, 0.15) is 19.4 Å². The summed E-state index contributed by atoms with van der Waals surface area (Å²) in [6, 6.07) is 11.3. The van der Waals surface area contributed by atoms with Crippen molar-refractivity contribution in [2.45, 2.75) is 18.7 Å². The molecule has 0 saturated heterocycles. The molecule has 2 atom stereocenters. The Morgan fingerprint density at radius 2 is 1.77 bits per heavy atom. The molecule has 10 heteroatoms. The second-order valence-electron chi connectivity index (χ2n) is 7.81. The summed E-state index contributed by atoms with van der Waals surface area (Å²) in [5.74, 6) is 3.02. The zero-order valence-electron chi connectivity index (χ0n) is 20.6. The Hall–Kier alpha value is -2.84. The molecule has 0 fully saturated rings. The highest BCUT2D eigenvalue weighted by molar-refractivity contribution is 7.98. The van der Waals surface area contributed by atoms with Crippen LogP contribution in [-0.2, 0) is 9.71 Å². The van der Waals surface area contributed by atoms with Gasteiger partial charge in [0.1, 0.15) is 5.75 Å². The highest BCUT2D eigenvalue weighted by Gasteiger charge is 2.15. The van der Waals surface area contributed by atoms with Gasteiger partial charge in [0.2, 0.25) is 0 Å². The second-order valence-corrected chi connectivity index (χ2v) is 11.0. The van der Waals surface area contributed by atoms with E-state index in [1.54, 1.807) is 12.1 Å². The SMILES string of the molecule is C=S(=O)(NCCN/C(C)=C/C(=N\C(C)=C(\CNC)PC)c1ccccc1O)c1cccc(O)c1O. The first-order valence-corrected chi connectivity index (χ1v) is 14.3. The van der Waals surface area contributed by atoms with Gasteiger partial charge in [0.25, 0.3) is 0 Å². The van der Waals surface area contributed by atoms with Gasteiger partial charge in [-0.1, -0.05) is 26.8 Å². The fraction of sp³-hybridized carbons (Fsp3) is 0.280. The molecule has 2 aromatic rings. The first-order chi connectivity index (χ1) is 16.6. The zero-order valence-corrected chi connectivity index (χ0v) is 22.4. The van der Waals surface area contributed by atoms with Crippen molar-refractivity contribution in [3.05, 3.63) is 70.8 Å². The minimum atomic E-state index is -3.00. The van der Waals surface area contributed by atoms with Crippen molar-refractivity contribution in [1.29, 1.82) is 0 Å². The lowest BCUT2D eigenvalue weighted by Crippen LogP contribution is -2.31. The van der Waals surface area contributed by atoms with Crippen molar-refractivity contribution in [2.24, 2.45) is 4.99 Å². The third-order valence-electron chi connectivity index (χ3n) is 5.11. The summed E-state index contributed by atoms with van der Waals surface area (Å²) < 4.78 is 15.7. The minimum Gasteiger partial charge on any atom is -0.507 e. The number of aliphatic imine (C=N–C) groups is 1. The van der Waals surface area contributed by atoms with E-state index in [-0.39, 0.29) is 22.9 Å². The Morgan fingerprint density at radius 1 is 1.09 bits per heavy atom. The van der Waals surface area contributed by atoms with Crippen molar-refractivity contribution in [3.63, 3.8) is 0 Å². The average Bonchev–Trinajstić information content (AvgIpc) is 2.81. The number of rotatable bonds is 12. The normalized spacial score (nSPS) is 15.2. The van der Waals surface area contributed by atoms with Crippen LogP contribution in [0, 0.1) is 0 Å². The van der Waals surface area contributed by atoms with Gasteiger partial charge in [-0.15, -0.1) is 0 Å². The molecule has 0 amide bonds. The van der Waals surface area contributed by atoms with Gasteiger partial charge in [-0.3, -0.25) is 4.99 Å². The van der Waals surface area contributed by atoms with Crippen molar-refractivity contribution in [3.8, 4) is 17.2 Å². The molecule has 6 N–H and O–H groups in total. The van der Waals surface area contributed by atoms with E-state index in [9.17, 15) is 19.5 Å². The molecule has 0 heterocycles. The molecular weight excluding hydrogens is 483 g/mol. The van der Waals surface area contributed by atoms with Crippen LogP contribution in [0.5, 0.6) is 17.2 Å². The molecular formula is C25H35N4O4PS. The molecule has 0 aliphatic rings. The number of allylic oxidation sites excluding steroid dienone is 3. The molecule has 0 aliphatic heterocycles. The number of hydrogen-bond acceptors (Lipinski definition) is 7. The van der Waals surface area contributed by atoms with Gasteiger partial charge in [-0.2, -0.15) is 0 Å². The first kappa shape index (κ1) is 28.4. The number of likely N-dealkylation sites (N-methyl/N-ethyl adjacent to an activating group) is 1. The van der Waals surface area contributed by atoms with E-state index in [1.165, 1.54) is 23.5 Å². The maximum absolute atomic E-state index is 12.9. The van der Waals surface area contributed by atoms with E-state index in [4.69, 9.17) is 4.99 Å². The molecule has 2 aromatic carbocycles. The van der Waals surface area contributed by atoms with Gasteiger partial charge in [-0.25, -0.2) is 8.93 Å². The second kappa shape index (κ2) is 13.3. The van der Waals surface area contributed by atoms with Crippen LogP contribution in [-0.4, -0.2) is 64.5 Å². The summed E-state index contributed by atoms with van der Waals surface area (Å²) in [5, 5.41) is 37.7. The monoisotopic (exact) mass is 518 g/mol. The third-order valence-corrected chi connectivity index (χ3v) is 7.96. The van der Waals surface area contributed by atoms with Gasteiger partial charge in [0.05, 0.1) is 20.3 Å². The minimum absolute atomic E-state index is 0.0509. The van der Waals surface area contributed by atoms with Crippen LogP contribution in [0.3, 0.4) is 0 Å². The molecule has 0 radical (unpaired) electrons. The van der Waals surface area contributed by atoms with Crippen molar-refractivity contribution < 1.29 is 19.5 Å². The molecule has 2 rings (SSSR count). The summed E-state index contributed by atoms with van der Waals surface area (Å²) >= 11 is 0. The quantitative estimate of drug-likeness (QED) is 0.0843. The molecule has 0 aliphatic carbocycles. The average molecular weight is 519 g/mol. The topological polar surface area (TPSA) is 126 Å². The first-order valence-electron chi connectivity index (χ1n) is 11.0. The Labute approximate surface area is 209 Å². The predicted molar refractivity (Wildman–Crippen MR) is 149 cm³/mol. The summed E-state index contributed by atoms with van der Waals surface area (Å²) in [5.41, 5.74) is 2.93. The number of nitrogens with zero attached hydrogens (tertiary/aromatic N) is 1. The summed E-state index contributed by atoms with van der Waals surface area (Å²) in [4.78, 5) is 4.88. The van der Waals surface area contributed by atoms with E-state index in [2.05, 4.69) is 27.9 Å². The lowest BCUT2D eigenvalue weighted by molar-refractivity contribution is 0.394. The maximum atomic E-state index is 12.9. The van der Waals surface area contributed by atoms with E-state index < -0.39 is 15.5 Å². The van der Waals surface area contributed by atoms with Crippen LogP contribution >= 0.6 is 8.58 Å². The van der Waals surface area contributed by atoms with Crippen LogP contribution in [0.15, 0.2) is 75.1 Å². The van der Waals surface area contributed by atoms with Crippen LogP contribution in [0.2, 0.25) is 0 Å². The number of benzene rings is 2. The van der Waals surface area contributed by atoms with Gasteiger partial charge < -0.3 is 26.0 Å². The fourth-order valence-electron chi connectivity index (χ4n) is 3.27. The number of hydrogen-bond donors (Lipinski definition) is 6. The highest BCUT2D eigenvalue weighted by atomic mass is 32.2. The standard InChI is InChI=1S/C25H35N4O4PS/c1-17(27-13-14-28-35(5,33)24-12-8-11-22(31)25(24)32)15-20(19-9-6-7-10-21(19)30)29-18(2)23(34-4)16-26-3/h6-12,15,26-27,30-32,34H,5,13-14,16H2,1-4H3,(H,28,33)/b17-15+,23-18-,29-20+. The molecule has 0 aromatic heterocycles. The van der Waals surface area contributed by atoms with Gasteiger partial charge in [0.15, 0.2) is 11.5 Å². The molecule has 0 bridgehead atoms. The van der Waals surface area contributed by atoms with Crippen LogP contribution in [0.25, 0.3) is 0 Å². The summed E-state index contributed by atoms with van der Waals surface area (Å²) in [7, 11) is -0.503. The van der Waals surface area contributed by atoms with E-state index in [1.807, 2.05) is 39.1 Å². The smallest absolute Gasteiger partial charge is 0.174 e. The molecule has 35 heavy (non-hydrogen) atoms. The van der Waals surface area contributed by atoms with Crippen LogP contribution < -0.4 is 15.4 Å². The number of phenolic OH excluding ortho intramolecular Hbond substituents is 3. The van der Waals surface area contributed by atoms with Crippen molar-refractivity contribution >= 4 is 29.9 Å². The van der Waals surface area contributed by atoms with E-state index in [0.717, 1.165) is 17.9 Å². The maximum Gasteiger partial charge on any atom is 0.174 e. The predicted octanol–water partition coefficient (Wildman–Crippen LogP) is 3.13. The van der Waals surface area contributed by atoms with Gasteiger partial charge in [-0.05, 0) is 69.1 Å². The Bertz CT molecular complexity index is 1220. The van der Waals surface area contributed by atoms with Gasteiger partial charge >= 0.3 is 0 Å². The number of nitrogens with one attached hydrogen (secondary N) is 3. The fourth-order valence-corrected chi connectivity index (χ4v) is 5.34. The third kappa shape index (κ3) is 8.11.